The van der Waals surface area contributed by atoms with Crippen molar-refractivity contribution < 1.29 is 19.1 Å². The molecule has 0 saturated heterocycles. The van der Waals surface area contributed by atoms with Gasteiger partial charge in [-0.2, -0.15) is 0 Å². The third kappa shape index (κ3) is 6.97. The molecule has 0 aliphatic carbocycles. The second kappa shape index (κ2) is 10.4. The van der Waals surface area contributed by atoms with Crippen LogP contribution < -0.4 is 10.1 Å². The zero-order chi connectivity index (χ0) is 19.8. The molecule has 5 nitrogen and oxygen atoms in total. The van der Waals surface area contributed by atoms with Crippen molar-refractivity contribution in [3.63, 3.8) is 0 Å². The lowest BCUT2D eigenvalue weighted by Gasteiger charge is -2.15. The lowest BCUT2D eigenvalue weighted by molar-refractivity contribution is -0.150. The second-order valence-electron chi connectivity index (χ2n) is 5.59. The molecule has 0 heterocycles. The predicted molar refractivity (Wildman–Crippen MR) is 110 cm³/mol. The molecule has 1 amide bonds. The molecule has 1 atom stereocenters. The highest BCUT2D eigenvalue weighted by atomic mass is 35.5. The molecule has 0 saturated carbocycles. The summed E-state index contributed by atoms with van der Waals surface area (Å²) < 4.78 is 10.3. The Labute approximate surface area is 172 Å². The van der Waals surface area contributed by atoms with Crippen molar-refractivity contribution in [2.24, 2.45) is 0 Å². The number of hydrogen-bond donors (Lipinski definition) is 1. The van der Waals surface area contributed by atoms with E-state index < -0.39 is 18.0 Å². The smallest absolute Gasteiger partial charge is 0.316 e. The molecular formula is C19H19Cl2NO4S. The second-order valence-corrected chi connectivity index (χ2v) is 7.45. The number of nitrogens with one attached hydrogen (secondary N) is 1. The minimum atomic E-state index is -0.951. The average molecular weight is 428 g/mol. The number of carbonyl (C=O) groups excluding carboxylic acids is 2. The molecule has 0 radical (unpaired) electrons. The summed E-state index contributed by atoms with van der Waals surface area (Å²) in [6.45, 7) is 1.51. The van der Waals surface area contributed by atoms with E-state index in [0.717, 1.165) is 5.56 Å². The number of amides is 1. The molecule has 0 bridgehead atoms. The zero-order valence-corrected chi connectivity index (χ0v) is 17.2. The highest BCUT2D eigenvalue weighted by Crippen LogP contribution is 2.27. The van der Waals surface area contributed by atoms with Crippen LogP contribution in [0.4, 0.5) is 5.69 Å². The first kappa shape index (κ1) is 21.4. The van der Waals surface area contributed by atoms with E-state index in [1.807, 2.05) is 18.2 Å². The summed E-state index contributed by atoms with van der Waals surface area (Å²) in [4.78, 5) is 24.2. The maximum atomic E-state index is 12.3. The molecule has 144 valence electrons. The van der Waals surface area contributed by atoms with Crippen LogP contribution >= 0.6 is 35.0 Å². The summed E-state index contributed by atoms with van der Waals surface area (Å²) in [5.41, 5.74) is 1.42. The fourth-order valence-corrected chi connectivity index (χ4v) is 3.31. The van der Waals surface area contributed by atoms with E-state index in [0.29, 0.717) is 27.2 Å². The van der Waals surface area contributed by atoms with E-state index in [-0.39, 0.29) is 5.75 Å². The van der Waals surface area contributed by atoms with Crippen LogP contribution in [0.3, 0.4) is 0 Å². The number of esters is 1. The molecule has 27 heavy (non-hydrogen) atoms. The van der Waals surface area contributed by atoms with E-state index >= 15 is 0 Å². The summed E-state index contributed by atoms with van der Waals surface area (Å²) >= 11 is 13.2. The van der Waals surface area contributed by atoms with Gasteiger partial charge in [-0.05, 0) is 42.8 Å². The zero-order valence-electron chi connectivity index (χ0n) is 14.8. The van der Waals surface area contributed by atoms with Crippen LogP contribution in [-0.2, 0) is 20.1 Å². The number of hydrogen-bond acceptors (Lipinski definition) is 5. The third-order valence-corrected chi connectivity index (χ3v) is 4.92. The van der Waals surface area contributed by atoms with Crippen LogP contribution in [0, 0.1) is 0 Å². The number of methoxy groups -OCH3 is 1. The summed E-state index contributed by atoms with van der Waals surface area (Å²) in [7, 11) is 1.49. The topological polar surface area (TPSA) is 64.6 Å². The first-order valence-corrected chi connectivity index (χ1v) is 9.96. The Bertz CT molecular complexity index is 816. The van der Waals surface area contributed by atoms with Gasteiger partial charge in [-0.3, -0.25) is 9.59 Å². The van der Waals surface area contributed by atoms with Gasteiger partial charge in [0.05, 0.1) is 18.6 Å². The van der Waals surface area contributed by atoms with Gasteiger partial charge in [-0.15, -0.1) is 11.8 Å². The Hall–Kier alpha value is -1.89. The standard InChI is InChI=1S/C19H19Cl2NO4S/c1-12(19(24)22-16-9-15(21)6-7-17(16)25-2)26-18(23)11-27-10-13-4-3-5-14(20)8-13/h3-9,12H,10-11H2,1-2H3,(H,22,24). The molecule has 2 aromatic rings. The third-order valence-electron chi connectivity index (χ3n) is 3.47. The number of ether oxygens (including phenoxy) is 2. The number of thioether (sulfide) groups is 1. The van der Waals surface area contributed by atoms with E-state index in [1.54, 1.807) is 24.3 Å². The van der Waals surface area contributed by atoms with Crippen molar-refractivity contribution in [1.82, 2.24) is 0 Å². The number of carbonyl (C=O) groups is 2. The Morgan fingerprint density at radius 3 is 2.59 bits per heavy atom. The SMILES string of the molecule is COc1ccc(Cl)cc1NC(=O)C(C)OC(=O)CSCc1cccc(Cl)c1. The van der Waals surface area contributed by atoms with Crippen molar-refractivity contribution >= 4 is 52.5 Å². The number of benzene rings is 2. The molecule has 8 heteroatoms. The molecule has 0 fully saturated rings. The van der Waals surface area contributed by atoms with Gasteiger partial charge in [0, 0.05) is 15.8 Å². The number of anilines is 1. The van der Waals surface area contributed by atoms with E-state index in [9.17, 15) is 9.59 Å². The van der Waals surface area contributed by atoms with Crippen LogP contribution in [-0.4, -0.2) is 30.8 Å². The van der Waals surface area contributed by atoms with Gasteiger partial charge < -0.3 is 14.8 Å². The van der Waals surface area contributed by atoms with E-state index in [1.165, 1.54) is 25.8 Å². The normalized spacial score (nSPS) is 11.6. The van der Waals surface area contributed by atoms with Crippen molar-refractivity contribution in [3.8, 4) is 5.75 Å². The first-order chi connectivity index (χ1) is 12.9. The fourth-order valence-electron chi connectivity index (χ4n) is 2.18. The minimum absolute atomic E-state index is 0.130. The van der Waals surface area contributed by atoms with Crippen molar-refractivity contribution in [2.45, 2.75) is 18.8 Å². The summed E-state index contributed by atoms with van der Waals surface area (Å²) in [6.07, 6.45) is -0.951. The van der Waals surface area contributed by atoms with E-state index in [2.05, 4.69) is 5.32 Å². The summed E-state index contributed by atoms with van der Waals surface area (Å²) in [5, 5.41) is 3.75. The number of rotatable bonds is 8. The van der Waals surface area contributed by atoms with Gasteiger partial charge in [0.25, 0.3) is 5.91 Å². The predicted octanol–water partition coefficient (Wildman–Crippen LogP) is 4.81. The first-order valence-electron chi connectivity index (χ1n) is 8.05. The highest BCUT2D eigenvalue weighted by molar-refractivity contribution is 7.99. The van der Waals surface area contributed by atoms with Crippen molar-refractivity contribution in [2.75, 3.05) is 18.2 Å². The van der Waals surface area contributed by atoms with Crippen molar-refractivity contribution in [3.05, 3.63) is 58.1 Å². The Kier molecular flexibility index (Phi) is 8.28. The van der Waals surface area contributed by atoms with E-state index in [4.69, 9.17) is 32.7 Å². The molecular weight excluding hydrogens is 409 g/mol. The van der Waals surface area contributed by atoms with Gasteiger partial charge in [0.2, 0.25) is 0 Å². The van der Waals surface area contributed by atoms with Gasteiger partial charge in [0.1, 0.15) is 5.75 Å². The molecule has 0 aromatic heterocycles. The van der Waals surface area contributed by atoms with Gasteiger partial charge in [-0.25, -0.2) is 0 Å². The van der Waals surface area contributed by atoms with Gasteiger partial charge in [0.15, 0.2) is 6.10 Å². The molecule has 2 aromatic carbocycles. The Balaban J connectivity index is 1.81. The largest absolute Gasteiger partial charge is 0.495 e. The van der Waals surface area contributed by atoms with Crippen LogP contribution in [0.25, 0.3) is 0 Å². The van der Waals surface area contributed by atoms with Crippen LogP contribution in [0.1, 0.15) is 12.5 Å². The molecule has 0 spiro atoms. The highest BCUT2D eigenvalue weighted by Gasteiger charge is 2.19. The average Bonchev–Trinajstić information content (AvgIpc) is 2.62. The molecule has 1 unspecified atom stereocenters. The molecule has 2 rings (SSSR count). The Morgan fingerprint density at radius 2 is 1.89 bits per heavy atom. The van der Waals surface area contributed by atoms with Crippen LogP contribution in [0.5, 0.6) is 5.75 Å². The lowest BCUT2D eigenvalue weighted by Crippen LogP contribution is -2.30. The van der Waals surface area contributed by atoms with Gasteiger partial charge >= 0.3 is 5.97 Å². The lowest BCUT2D eigenvalue weighted by atomic mass is 10.2. The number of halogens is 2. The van der Waals surface area contributed by atoms with Crippen LogP contribution in [0.15, 0.2) is 42.5 Å². The van der Waals surface area contributed by atoms with Gasteiger partial charge in [-0.1, -0.05) is 35.3 Å². The quantitative estimate of drug-likeness (QED) is 0.612. The summed E-state index contributed by atoms with van der Waals surface area (Å²) in [5.74, 6) is 0.274. The summed E-state index contributed by atoms with van der Waals surface area (Å²) in [6, 6.07) is 12.3. The van der Waals surface area contributed by atoms with Crippen LogP contribution in [0.2, 0.25) is 10.0 Å². The Morgan fingerprint density at radius 1 is 1.15 bits per heavy atom. The fraction of sp³-hybridized carbons (Fsp3) is 0.263. The monoisotopic (exact) mass is 427 g/mol. The maximum absolute atomic E-state index is 12.3. The molecule has 0 aliphatic heterocycles. The molecule has 0 aliphatic rings. The maximum Gasteiger partial charge on any atom is 0.316 e. The molecule has 1 N–H and O–H groups in total. The minimum Gasteiger partial charge on any atom is -0.495 e. The van der Waals surface area contributed by atoms with Crippen molar-refractivity contribution in [1.29, 1.82) is 0 Å².